The van der Waals surface area contributed by atoms with E-state index in [1.54, 1.807) is 13.0 Å². The first kappa shape index (κ1) is 11.3. The van der Waals surface area contributed by atoms with Gasteiger partial charge in [0.05, 0.1) is 0 Å². The van der Waals surface area contributed by atoms with Gasteiger partial charge in [0.25, 0.3) is 5.91 Å². The molecular formula is C12H9F2NO2. The molecule has 0 aliphatic rings. The molecule has 2 aromatic rings. The molecule has 0 aliphatic carbocycles. The molecule has 0 atom stereocenters. The van der Waals surface area contributed by atoms with Crippen LogP contribution in [-0.2, 0) is 0 Å². The van der Waals surface area contributed by atoms with Gasteiger partial charge in [-0.1, -0.05) is 6.07 Å². The van der Waals surface area contributed by atoms with Crippen molar-refractivity contribution in [3.05, 3.63) is 53.5 Å². The fourth-order valence-electron chi connectivity index (χ4n) is 1.35. The van der Waals surface area contributed by atoms with Crippen molar-refractivity contribution in [1.82, 2.24) is 0 Å². The van der Waals surface area contributed by atoms with Gasteiger partial charge >= 0.3 is 0 Å². The fraction of sp³-hybridized carbons (Fsp3) is 0.0833. The molecule has 17 heavy (non-hydrogen) atoms. The number of para-hydroxylation sites is 1. The third-order valence-corrected chi connectivity index (χ3v) is 2.17. The van der Waals surface area contributed by atoms with E-state index >= 15 is 0 Å². The molecule has 0 bridgehead atoms. The highest BCUT2D eigenvalue weighted by molar-refractivity contribution is 6.02. The molecular weight excluding hydrogens is 228 g/mol. The average molecular weight is 237 g/mol. The molecule has 1 heterocycles. The Morgan fingerprint density at radius 3 is 2.35 bits per heavy atom. The van der Waals surface area contributed by atoms with E-state index < -0.39 is 23.2 Å². The number of rotatable bonds is 2. The van der Waals surface area contributed by atoms with E-state index in [1.807, 2.05) is 0 Å². The zero-order valence-corrected chi connectivity index (χ0v) is 8.96. The van der Waals surface area contributed by atoms with Crippen molar-refractivity contribution in [2.24, 2.45) is 0 Å². The Bertz CT molecular complexity index is 543. The first-order valence-electron chi connectivity index (χ1n) is 4.90. The summed E-state index contributed by atoms with van der Waals surface area (Å²) in [6, 6.07) is 6.37. The number of nitrogens with one attached hydrogen (secondary N) is 1. The monoisotopic (exact) mass is 237 g/mol. The predicted octanol–water partition coefficient (Wildman–Crippen LogP) is 3.12. The van der Waals surface area contributed by atoms with E-state index in [-0.39, 0.29) is 5.76 Å². The van der Waals surface area contributed by atoms with Gasteiger partial charge in [0.15, 0.2) is 5.76 Å². The van der Waals surface area contributed by atoms with Crippen LogP contribution in [0.15, 0.2) is 34.7 Å². The van der Waals surface area contributed by atoms with Crippen molar-refractivity contribution in [3.8, 4) is 0 Å². The molecule has 0 spiro atoms. The number of aryl methyl sites for hydroxylation is 1. The van der Waals surface area contributed by atoms with Gasteiger partial charge in [-0.05, 0) is 31.2 Å². The van der Waals surface area contributed by atoms with Crippen LogP contribution in [0.25, 0.3) is 0 Å². The molecule has 88 valence electrons. The second kappa shape index (κ2) is 4.37. The van der Waals surface area contributed by atoms with Crippen molar-refractivity contribution >= 4 is 11.6 Å². The molecule has 1 N–H and O–H groups in total. The van der Waals surface area contributed by atoms with Gasteiger partial charge in [-0.2, -0.15) is 0 Å². The fourth-order valence-corrected chi connectivity index (χ4v) is 1.35. The number of amides is 1. The first-order chi connectivity index (χ1) is 8.08. The smallest absolute Gasteiger partial charge is 0.291 e. The summed E-state index contributed by atoms with van der Waals surface area (Å²) in [6.45, 7) is 1.67. The lowest BCUT2D eigenvalue weighted by atomic mass is 10.3. The standard InChI is InChI=1S/C12H9F2NO2/c1-7-5-6-10(17-7)12(16)15-11-8(13)3-2-4-9(11)14/h2-6H,1H3,(H,15,16). The second-order valence-electron chi connectivity index (χ2n) is 3.46. The lowest BCUT2D eigenvalue weighted by Gasteiger charge is -2.05. The number of carbonyl (C=O) groups excluding carboxylic acids is 1. The van der Waals surface area contributed by atoms with E-state index in [0.717, 1.165) is 12.1 Å². The number of anilines is 1. The molecule has 0 saturated carbocycles. The van der Waals surface area contributed by atoms with Crippen molar-refractivity contribution < 1.29 is 18.0 Å². The van der Waals surface area contributed by atoms with Crippen LogP contribution in [0, 0.1) is 18.6 Å². The Hall–Kier alpha value is -2.17. The van der Waals surface area contributed by atoms with Crippen LogP contribution < -0.4 is 5.32 Å². The van der Waals surface area contributed by atoms with E-state index in [9.17, 15) is 13.6 Å². The van der Waals surface area contributed by atoms with Crippen LogP contribution in [0.5, 0.6) is 0 Å². The van der Waals surface area contributed by atoms with Crippen molar-refractivity contribution in [2.45, 2.75) is 6.92 Å². The molecule has 1 aromatic carbocycles. The molecule has 1 amide bonds. The van der Waals surface area contributed by atoms with Crippen LogP contribution >= 0.6 is 0 Å². The Kier molecular flexibility index (Phi) is 2.91. The minimum atomic E-state index is -0.832. The maximum atomic E-state index is 13.2. The van der Waals surface area contributed by atoms with E-state index in [1.165, 1.54) is 12.1 Å². The summed E-state index contributed by atoms with van der Waals surface area (Å²) < 4.78 is 31.5. The molecule has 0 saturated heterocycles. The Morgan fingerprint density at radius 1 is 1.18 bits per heavy atom. The Labute approximate surface area is 96.1 Å². The van der Waals surface area contributed by atoms with Gasteiger partial charge in [0, 0.05) is 0 Å². The summed E-state index contributed by atoms with van der Waals surface area (Å²) in [5, 5.41) is 2.13. The third-order valence-electron chi connectivity index (χ3n) is 2.17. The molecule has 3 nitrogen and oxygen atoms in total. The number of halogens is 2. The summed E-state index contributed by atoms with van der Waals surface area (Å²) in [4.78, 5) is 11.6. The molecule has 0 aliphatic heterocycles. The number of furan rings is 1. The lowest BCUT2D eigenvalue weighted by molar-refractivity contribution is 0.0994. The first-order valence-corrected chi connectivity index (χ1v) is 4.90. The van der Waals surface area contributed by atoms with Gasteiger partial charge in [-0.15, -0.1) is 0 Å². The minimum absolute atomic E-state index is 0.00477. The van der Waals surface area contributed by atoms with Crippen molar-refractivity contribution in [2.75, 3.05) is 5.32 Å². The summed E-state index contributed by atoms with van der Waals surface area (Å²) in [7, 11) is 0. The summed E-state index contributed by atoms with van der Waals surface area (Å²) in [5.74, 6) is -1.81. The lowest BCUT2D eigenvalue weighted by Crippen LogP contribution is -2.13. The number of carbonyl (C=O) groups is 1. The van der Waals surface area contributed by atoms with Gasteiger partial charge in [0.1, 0.15) is 23.1 Å². The van der Waals surface area contributed by atoms with Gasteiger partial charge in [0.2, 0.25) is 0 Å². The van der Waals surface area contributed by atoms with Crippen LogP contribution in [0.1, 0.15) is 16.3 Å². The summed E-state index contributed by atoms with van der Waals surface area (Å²) in [6.07, 6.45) is 0. The minimum Gasteiger partial charge on any atom is -0.456 e. The average Bonchev–Trinajstić information content (AvgIpc) is 2.70. The maximum absolute atomic E-state index is 13.2. The van der Waals surface area contributed by atoms with Gasteiger partial charge < -0.3 is 9.73 Å². The number of benzene rings is 1. The summed E-state index contributed by atoms with van der Waals surface area (Å²) in [5.41, 5.74) is -0.480. The van der Waals surface area contributed by atoms with Gasteiger partial charge in [-0.25, -0.2) is 8.78 Å². The highest BCUT2D eigenvalue weighted by Gasteiger charge is 2.15. The highest BCUT2D eigenvalue weighted by atomic mass is 19.1. The molecule has 0 fully saturated rings. The Balaban J connectivity index is 2.24. The normalized spacial score (nSPS) is 10.3. The molecule has 1 aromatic heterocycles. The van der Waals surface area contributed by atoms with Crippen LogP contribution in [0.4, 0.5) is 14.5 Å². The zero-order chi connectivity index (χ0) is 12.4. The summed E-state index contributed by atoms with van der Waals surface area (Å²) >= 11 is 0. The zero-order valence-electron chi connectivity index (χ0n) is 8.96. The second-order valence-corrected chi connectivity index (χ2v) is 3.46. The molecule has 2 rings (SSSR count). The molecule has 5 heteroatoms. The molecule has 0 radical (unpaired) electrons. The SMILES string of the molecule is Cc1ccc(C(=O)Nc2c(F)cccc2F)o1. The Morgan fingerprint density at radius 2 is 1.82 bits per heavy atom. The van der Waals surface area contributed by atoms with Crippen LogP contribution in [0.2, 0.25) is 0 Å². The third kappa shape index (κ3) is 2.33. The highest BCUT2D eigenvalue weighted by Crippen LogP contribution is 2.19. The number of hydrogen-bond donors (Lipinski definition) is 1. The van der Waals surface area contributed by atoms with Crippen LogP contribution in [-0.4, -0.2) is 5.91 Å². The van der Waals surface area contributed by atoms with Crippen molar-refractivity contribution in [1.29, 1.82) is 0 Å². The topological polar surface area (TPSA) is 42.2 Å². The largest absolute Gasteiger partial charge is 0.456 e. The predicted molar refractivity (Wildman–Crippen MR) is 57.8 cm³/mol. The maximum Gasteiger partial charge on any atom is 0.291 e. The quantitative estimate of drug-likeness (QED) is 0.871. The van der Waals surface area contributed by atoms with Crippen molar-refractivity contribution in [3.63, 3.8) is 0 Å². The van der Waals surface area contributed by atoms with Gasteiger partial charge in [-0.3, -0.25) is 4.79 Å². The molecule has 0 unspecified atom stereocenters. The van der Waals surface area contributed by atoms with E-state index in [2.05, 4.69) is 5.32 Å². The van der Waals surface area contributed by atoms with E-state index in [4.69, 9.17) is 4.42 Å². The number of hydrogen-bond acceptors (Lipinski definition) is 2. The van der Waals surface area contributed by atoms with E-state index in [0.29, 0.717) is 5.76 Å². The van der Waals surface area contributed by atoms with Crippen LogP contribution in [0.3, 0.4) is 0 Å².